The maximum atomic E-state index is 12.2. The molecule has 0 saturated heterocycles. The molecule has 1 amide bonds. The number of aromatic hydroxyl groups is 1. The second-order valence-corrected chi connectivity index (χ2v) is 5.99. The maximum absolute atomic E-state index is 12.2. The first-order valence-electron chi connectivity index (χ1n) is 6.43. The topological polar surface area (TPSA) is 86.6 Å². The molecule has 3 N–H and O–H groups in total. The molecule has 5 nitrogen and oxygen atoms in total. The van der Waals surface area contributed by atoms with Crippen LogP contribution in [-0.2, 0) is 4.79 Å². The SMILES string of the molecule is Cc1cc(C(=O)NC(CC(=O)O)C(C)(C)C)ccc1O. The van der Waals surface area contributed by atoms with E-state index in [4.69, 9.17) is 5.11 Å². The fourth-order valence-electron chi connectivity index (χ4n) is 1.79. The Labute approximate surface area is 118 Å². The van der Waals surface area contributed by atoms with Gasteiger partial charge in [-0.1, -0.05) is 20.8 Å². The van der Waals surface area contributed by atoms with E-state index < -0.39 is 12.0 Å². The predicted octanol–water partition coefficient (Wildman–Crippen LogP) is 2.32. The van der Waals surface area contributed by atoms with Gasteiger partial charge in [-0.25, -0.2) is 0 Å². The van der Waals surface area contributed by atoms with Crippen LogP contribution in [0.25, 0.3) is 0 Å². The number of carbonyl (C=O) groups excluding carboxylic acids is 1. The van der Waals surface area contributed by atoms with E-state index in [1.54, 1.807) is 13.0 Å². The van der Waals surface area contributed by atoms with Gasteiger partial charge in [0, 0.05) is 11.6 Å². The number of carboxylic acids is 1. The summed E-state index contributed by atoms with van der Waals surface area (Å²) in [7, 11) is 0. The minimum absolute atomic E-state index is 0.124. The Bertz CT molecular complexity index is 517. The standard InChI is InChI=1S/C15H21NO4/c1-9-7-10(5-6-11(9)17)14(20)16-12(8-13(18)19)15(2,3)4/h5-7,12,17H,8H2,1-4H3,(H,16,20)(H,18,19). The van der Waals surface area contributed by atoms with E-state index in [1.165, 1.54) is 12.1 Å². The molecule has 110 valence electrons. The lowest BCUT2D eigenvalue weighted by Gasteiger charge is -2.30. The molecule has 0 aliphatic heterocycles. The zero-order valence-corrected chi connectivity index (χ0v) is 12.2. The van der Waals surface area contributed by atoms with Crippen LogP contribution in [-0.4, -0.2) is 28.1 Å². The van der Waals surface area contributed by atoms with Gasteiger partial charge in [-0.15, -0.1) is 0 Å². The number of hydrogen-bond acceptors (Lipinski definition) is 3. The van der Waals surface area contributed by atoms with E-state index in [-0.39, 0.29) is 23.5 Å². The summed E-state index contributed by atoms with van der Waals surface area (Å²) in [6, 6.07) is 4.07. The van der Waals surface area contributed by atoms with Crippen LogP contribution in [0.15, 0.2) is 18.2 Å². The molecule has 5 heteroatoms. The molecule has 0 aliphatic rings. The van der Waals surface area contributed by atoms with Crippen molar-refractivity contribution in [1.82, 2.24) is 5.32 Å². The quantitative estimate of drug-likeness (QED) is 0.789. The summed E-state index contributed by atoms with van der Waals surface area (Å²) in [4.78, 5) is 23.0. The van der Waals surface area contributed by atoms with Crippen molar-refractivity contribution in [3.05, 3.63) is 29.3 Å². The molecule has 0 aromatic heterocycles. The number of phenolic OH excluding ortho intramolecular Hbond substituents is 1. The smallest absolute Gasteiger partial charge is 0.305 e. The van der Waals surface area contributed by atoms with Crippen LogP contribution in [0.2, 0.25) is 0 Å². The Kier molecular flexibility index (Phi) is 4.76. The summed E-state index contributed by atoms with van der Waals surface area (Å²) in [6.45, 7) is 7.33. The van der Waals surface area contributed by atoms with Gasteiger partial charge < -0.3 is 15.5 Å². The van der Waals surface area contributed by atoms with Crippen LogP contribution in [0.1, 0.15) is 43.1 Å². The minimum atomic E-state index is -0.952. The number of carbonyl (C=O) groups is 2. The number of aryl methyl sites for hydroxylation is 1. The summed E-state index contributed by atoms with van der Waals surface area (Å²) in [5.41, 5.74) is 0.642. The second-order valence-electron chi connectivity index (χ2n) is 5.99. The van der Waals surface area contributed by atoms with Gasteiger partial charge in [-0.3, -0.25) is 9.59 Å². The molecule has 20 heavy (non-hydrogen) atoms. The van der Waals surface area contributed by atoms with Crippen molar-refractivity contribution in [3.63, 3.8) is 0 Å². The zero-order chi connectivity index (χ0) is 15.5. The van der Waals surface area contributed by atoms with Crippen LogP contribution in [0.5, 0.6) is 5.75 Å². The van der Waals surface area contributed by atoms with E-state index in [0.717, 1.165) is 0 Å². The van der Waals surface area contributed by atoms with Crippen molar-refractivity contribution < 1.29 is 19.8 Å². The lowest BCUT2D eigenvalue weighted by Crippen LogP contribution is -2.45. The lowest BCUT2D eigenvalue weighted by molar-refractivity contribution is -0.138. The molecule has 1 atom stereocenters. The number of hydrogen-bond donors (Lipinski definition) is 3. The highest BCUT2D eigenvalue weighted by Gasteiger charge is 2.28. The first-order chi connectivity index (χ1) is 9.11. The molecule has 0 bridgehead atoms. The van der Waals surface area contributed by atoms with Crippen LogP contribution >= 0.6 is 0 Å². The Morgan fingerprint density at radius 2 is 1.90 bits per heavy atom. The number of carboxylic acid groups (broad SMARTS) is 1. The highest BCUT2D eigenvalue weighted by atomic mass is 16.4. The highest BCUT2D eigenvalue weighted by molar-refractivity contribution is 5.95. The molecule has 1 rings (SSSR count). The third kappa shape index (κ3) is 4.26. The van der Waals surface area contributed by atoms with Gasteiger partial charge in [0.05, 0.1) is 6.42 Å². The van der Waals surface area contributed by atoms with Crippen molar-refractivity contribution in [2.45, 2.75) is 40.2 Å². The first kappa shape index (κ1) is 16.0. The Balaban J connectivity index is 2.90. The summed E-state index contributed by atoms with van der Waals surface area (Å²) in [5, 5.41) is 21.1. The molecule has 0 spiro atoms. The average Bonchev–Trinajstić information content (AvgIpc) is 2.30. The average molecular weight is 279 g/mol. The molecule has 1 unspecified atom stereocenters. The van der Waals surface area contributed by atoms with Crippen molar-refractivity contribution in [1.29, 1.82) is 0 Å². The van der Waals surface area contributed by atoms with Gasteiger partial charge in [-0.2, -0.15) is 0 Å². The van der Waals surface area contributed by atoms with E-state index in [0.29, 0.717) is 11.1 Å². The lowest BCUT2D eigenvalue weighted by atomic mass is 9.84. The zero-order valence-electron chi connectivity index (χ0n) is 12.2. The molecule has 0 fully saturated rings. The monoisotopic (exact) mass is 279 g/mol. The summed E-state index contributed by atoms with van der Waals surface area (Å²) in [6.07, 6.45) is -0.133. The van der Waals surface area contributed by atoms with Gasteiger partial charge in [0.1, 0.15) is 5.75 Å². The number of aliphatic carboxylic acids is 1. The Morgan fingerprint density at radius 1 is 1.30 bits per heavy atom. The van der Waals surface area contributed by atoms with E-state index in [1.807, 2.05) is 20.8 Å². The van der Waals surface area contributed by atoms with Gasteiger partial charge in [0.2, 0.25) is 0 Å². The van der Waals surface area contributed by atoms with Crippen molar-refractivity contribution in [2.75, 3.05) is 0 Å². The largest absolute Gasteiger partial charge is 0.508 e. The normalized spacial score (nSPS) is 12.8. The number of rotatable bonds is 4. The molecule has 0 aliphatic carbocycles. The van der Waals surface area contributed by atoms with Gasteiger partial charge in [0.25, 0.3) is 5.91 Å². The second kappa shape index (κ2) is 5.94. The molecular weight excluding hydrogens is 258 g/mol. The number of nitrogens with one attached hydrogen (secondary N) is 1. The van der Waals surface area contributed by atoms with Gasteiger partial charge >= 0.3 is 5.97 Å². The van der Waals surface area contributed by atoms with Crippen molar-refractivity contribution in [3.8, 4) is 5.75 Å². The number of amides is 1. The summed E-state index contributed by atoms with van der Waals surface area (Å²) in [5.74, 6) is -1.17. The first-order valence-corrected chi connectivity index (χ1v) is 6.43. The number of phenols is 1. The molecule has 1 aromatic rings. The molecular formula is C15H21NO4. The van der Waals surface area contributed by atoms with Crippen LogP contribution in [0.3, 0.4) is 0 Å². The van der Waals surface area contributed by atoms with Crippen molar-refractivity contribution in [2.24, 2.45) is 5.41 Å². The molecule has 0 heterocycles. The molecule has 0 saturated carbocycles. The third-order valence-electron chi connectivity index (χ3n) is 3.19. The Hall–Kier alpha value is -2.04. The fraction of sp³-hybridized carbons (Fsp3) is 0.467. The molecule has 1 aromatic carbocycles. The maximum Gasteiger partial charge on any atom is 0.305 e. The highest BCUT2D eigenvalue weighted by Crippen LogP contribution is 2.23. The van der Waals surface area contributed by atoms with E-state index >= 15 is 0 Å². The third-order valence-corrected chi connectivity index (χ3v) is 3.19. The fourth-order valence-corrected chi connectivity index (χ4v) is 1.79. The summed E-state index contributed by atoms with van der Waals surface area (Å²) < 4.78 is 0. The minimum Gasteiger partial charge on any atom is -0.508 e. The van der Waals surface area contributed by atoms with E-state index in [2.05, 4.69) is 5.32 Å². The van der Waals surface area contributed by atoms with Gasteiger partial charge in [0.15, 0.2) is 0 Å². The van der Waals surface area contributed by atoms with Crippen LogP contribution in [0.4, 0.5) is 0 Å². The van der Waals surface area contributed by atoms with E-state index in [9.17, 15) is 14.7 Å². The summed E-state index contributed by atoms with van der Waals surface area (Å²) >= 11 is 0. The predicted molar refractivity (Wildman–Crippen MR) is 75.8 cm³/mol. The van der Waals surface area contributed by atoms with Crippen LogP contribution in [0, 0.1) is 12.3 Å². The molecule has 0 radical (unpaired) electrons. The van der Waals surface area contributed by atoms with Crippen LogP contribution < -0.4 is 5.32 Å². The number of benzene rings is 1. The Morgan fingerprint density at radius 3 is 2.35 bits per heavy atom. The van der Waals surface area contributed by atoms with Crippen molar-refractivity contribution >= 4 is 11.9 Å². The van der Waals surface area contributed by atoms with Gasteiger partial charge in [-0.05, 0) is 36.1 Å².